The van der Waals surface area contributed by atoms with Crippen molar-refractivity contribution in [1.82, 2.24) is 10.1 Å². The van der Waals surface area contributed by atoms with E-state index in [1.165, 1.54) is 12.1 Å². The van der Waals surface area contributed by atoms with Gasteiger partial charge in [-0.15, -0.1) is 0 Å². The van der Waals surface area contributed by atoms with Crippen LogP contribution in [0.4, 0.5) is 4.39 Å². The van der Waals surface area contributed by atoms with Crippen molar-refractivity contribution < 1.29 is 18.8 Å². The third-order valence-electron chi connectivity index (χ3n) is 4.76. The number of hydrogen-bond acceptors (Lipinski definition) is 4. The van der Waals surface area contributed by atoms with Crippen molar-refractivity contribution in [2.24, 2.45) is 0 Å². The number of nitrogens with zero attached hydrogens (tertiary/aromatic N) is 2. The molecule has 26 heavy (non-hydrogen) atoms. The normalized spacial score (nSPS) is 11.0. The summed E-state index contributed by atoms with van der Waals surface area (Å²) in [5, 5.41) is 13.4. The van der Waals surface area contributed by atoms with Crippen LogP contribution in [0.1, 0.15) is 38.2 Å². The van der Waals surface area contributed by atoms with Crippen LogP contribution >= 0.6 is 0 Å². The predicted octanol–water partition coefficient (Wildman–Crippen LogP) is 4.78. The van der Waals surface area contributed by atoms with Crippen molar-refractivity contribution in [1.29, 1.82) is 0 Å². The van der Waals surface area contributed by atoms with Crippen LogP contribution in [0.5, 0.6) is 0 Å². The van der Waals surface area contributed by atoms with Crippen molar-refractivity contribution in [3.8, 4) is 22.8 Å². The zero-order valence-corrected chi connectivity index (χ0v) is 15.3. The molecule has 0 spiro atoms. The van der Waals surface area contributed by atoms with Gasteiger partial charge in [0.05, 0.1) is 11.1 Å². The molecule has 0 aliphatic heterocycles. The average molecular weight is 354 g/mol. The number of rotatable bonds is 3. The first kappa shape index (κ1) is 17.8. The Bertz CT molecular complexity index is 1010. The number of carboxylic acids is 1. The lowest BCUT2D eigenvalue weighted by Crippen LogP contribution is -2.04. The summed E-state index contributed by atoms with van der Waals surface area (Å²) >= 11 is 0. The highest BCUT2D eigenvalue weighted by atomic mass is 19.1. The zero-order chi connectivity index (χ0) is 19.2. The molecule has 0 unspecified atom stereocenters. The van der Waals surface area contributed by atoms with Crippen molar-refractivity contribution in [3.05, 3.63) is 57.4 Å². The molecule has 0 saturated carbocycles. The number of hydrogen-bond donors (Lipinski definition) is 1. The molecule has 0 bridgehead atoms. The first-order valence-corrected chi connectivity index (χ1v) is 8.16. The number of aryl methyl sites for hydroxylation is 2. The minimum atomic E-state index is -1.02. The second-order valence-electron chi connectivity index (χ2n) is 6.51. The fourth-order valence-corrected chi connectivity index (χ4v) is 3.12. The molecule has 0 aliphatic carbocycles. The number of halogens is 1. The average Bonchev–Trinajstić information content (AvgIpc) is 3.00. The highest BCUT2D eigenvalue weighted by molar-refractivity contribution is 5.92. The van der Waals surface area contributed by atoms with Crippen LogP contribution < -0.4 is 0 Å². The third-order valence-corrected chi connectivity index (χ3v) is 4.76. The van der Waals surface area contributed by atoms with Gasteiger partial charge in [0.15, 0.2) is 0 Å². The van der Waals surface area contributed by atoms with Crippen molar-refractivity contribution in [3.63, 3.8) is 0 Å². The molecule has 1 N–H and O–H groups in total. The van der Waals surface area contributed by atoms with E-state index in [0.717, 1.165) is 16.7 Å². The van der Waals surface area contributed by atoms with Gasteiger partial charge in [-0.25, -0.2) is 9.18 Å². The number of aromatic nitrogens is 2. The monoisotopic (exact) mass is 354 g/mol. The van der Waals surface area contributed by atoms with Crippen molar-refractivity contribution in [2.75, 3.05) is 0 Å². The van der Waals surface area contributed by atoms with Gasteiger partial charge in [0, 0.05) is 5.56 Å². The van der Waals surface area contributed by atoms with Crippen LogP contribution in [0.3, 0.4) is 0 Å². The molecule has 2 aromatic carbocycles. The Hall–Kier alpha value is -3.02. The molecule has 1 aromatic heterocycles. The molecule has 0 saturated heterocycles. The van der Waals surface area contributed by atoms with Crippen LogP contribution in [0.25, 0.3) is 22.8 Å². The Labute approximate surface area is 150 Å². The van der Waals surface area contributed by atoms with E-state index in [2.05, 4.69) is 10.1 Å². The standard InChI is InChI=1S/C20H19FN2O3/c1-9-6-10(2)17(16(21)7-9)19-22-18(23-26-19)14-8-15(20(24)25)13(5)11(3)12(14)4/h6-8H,1-5H3,(H,24,25). The fraction of sp³-hybridized carbons (Fsp3) is 0.250. The van der Waals surface area contributed by atoms with Gasteiger partial charge in [0.2, 0.25) is 5.82 Å². The molecule has 0 aliphatic rings. The molecule has 0 amide bonds. The number of carbonyl (C=O) groups is 1. The van der Waals surface area contributed by atoms with Crippen LogP contribution in [0.2, 0.25) is 0 Å². The molecule has 6 heteroatoms. The summed E-state index contributed by atoms with van der Waals surface area (Å²) in [6.45, 7) is 9.08. The van der Waals surface area contributed by atoms with Gasteiger partial charge in [0.1, 0.15) is 5.82 Å². The number of benzene rings is 2. The largest absolute Gasteiger partial charge is 0.478 e. The Balaban J connectivity index is 2.17. The van der Waals surface area contributed by atoms with Gasteiger partial charge in [0.25, 0.3) is 5.89 Å². The van der Waals surface area contributed by atoms with Crippen LogP contribution in [-0.4, -0.2) is 21.2 Å². The van der Waals surface area contributed by atoms with Gasteiger partial charge < -0.3 is 9.63 Å². The summed E-state index contributed by atoms with van der Waals surface area (Å²) < 4.78 is 19.7. The van der Waals surface area contributed by atoms with Crippen LogP contribution in [0.15, 0.2) is 22.7 Å². The third kappa shape index (κ3) is 2.87. The highest BCUT2D eigenvalue weighted by Gasteiger charge is 2.21. The quantitative estimate of drug-likeness (QED) is 0.732. The molecular formula is C20H19FN2O3. The van der Waals surface area contributed by atoms with Gasteiger partial charge in [-0.2, -0.15) is 4.98 Å². The van der Waals surface area contributed by atoms with Crippen molar-refractivity contribution in [2.45, 2.75) is 34.6 Å². The van der Waals surface area contributed by atoms with Gasteiger partial charge in [-0.3, -0.25) is 0 Å². The van der Waals surface area contributed by atoms with E-state index < -0.39 is 11.8 Å². The molecule has 1 heterocycles. The summed E-state index contributed by atoms with van der Waals surface area (Å²) in [5.41, 5.74) is 4.92. The van der Waals surface area contributed by atoms with E-state index in [-0.39, 0.29) is 22.8 Å². The maximum atomic E-state index is 14.4. The summed E-state index contributed by atoms with van der Waals surface area (Å²) in [6.07, 6.45) is 0. The SMILES string of the molecule is Cc1cc(C)c(-c2nc(-c3cc(C(=O)O)c(C)c(C)c3C)no2)c(F)c1. The molecule has 3 rings (SSSR count). The maximum Gasteiger partial charge on any atom is 0.335 e. The minimum absolute atomic E-state index is 0.0736. The molecule has 0 radical (unpaired) electrons. The smallest absolute Gasteiger partial charge is 0.335 e. The van der Waals surface area contributed by atoms with Crippen LogP contribution in [-0.2, 0) is 0 Å². The predicted molar refractivity (Wildman–Crippen MR) is 95.8 cm³/mol. The van der Waals surface area contributed by atoms with Crippen LogP contribution in [0, 0.1) is 40.4 Å². The topological polar surface area (TPSA) is 76.2 Å². The Morgan fingerprint density at radius 1 is 1.04 bits per heavy atom. The Morgan fingerprint density at radius 2 is 1.73 bits per heavy atom. The second kappa shape index (κ2) is 6.37. The van der Waals surface area contributed by atoms with E-state index in [1.54, 1.807) is 13.8 Å². The first-order valence-electron chi connectivity index (χ1n) is 8.16. The van der Waals surface area contributed by atoms with Crippen molar-refractivity contribution >= 4 is 5.97 Å². The minimum Gasteiger partial charge on any atom is -0.478 e. The fourth-order valence-electron chi connectivity index (χ4n) is 3.12. The number of carboxylic acid groups (broad SMARTS) is 1. The molecular weight excluding hydrogens is 335 g/mol. The lowest BCUT2D eigenvalue weighted by atomic mass is 9.93. The summed E-state index contributed by atoms with van der Waals surface area (Å²) in [6, 6.07) is 4.79. The lowest BCUT2D eigenvalue weighted by Gasteiger charge is -2.11. The lowest BCUT2D eigenvalue weighted by molar-refractivity contribution is 0.0696. The first-order chi connectivity index (χ1) is 12.2. The van der Waals surface area contributed by atoms with E-state index in [9.17, 15) is 14.3 Å². The molecule has 5 nitrogen and oxygen atoms in total. The zero-order valence-electron chi connectivity index (χ0n) is 15.3. The van der Waals surface area contributed by atoms with E-state index >= 15 is 0 Å². The molecule has 134 valence electrons. The summed E-state index contributed by atoms with van der Waals surface area (Å²) in [4.78, 5) is 15.8. The highest BCUT2D eigenvalue weighted by Crippen LogP contribution is 2.32. The molecule has 3 aromatic rings. The number of aromatic carboxylic acids is 1. The van der Waals surface area contributed by atoms with E-state index in [1.807, 2.05) is 26.8 Å². The Kier molecular flexibility index (Phi) is 4.36. The summed E-state index contributed by atoms with van der Waals surface area (Å²) in [7, 11) is 0. The van der Waals surface area contributed by atoms with Gasteiger partial charge in [-0.1, -0.05) is 11.2 Å². The Morgan fingerprint density at radius 3 is 2.35 bits per heavy atom. The van der Waals surface area contributed by atoms with E-state index in [0.29, 0.717) is 16.7 Å². The van der Waals surface area contributed by atoms with E-state index in [4.69, 9.17) is 4.52 Å². The second-order valence-corrected chi connectivity index (χ2v) is 6.51. The van der Waals surface area contributed by atoms with Gasteiger partial charge >= 0.3 is 5.97 Å². The maximum absolute atomic E-state index is 14.4. The van der Waals surface area contributed by atoms with Gasteiger partial charge in [-0.05, 0) is 74.6 Å². The molecule has 0 fully saturated rings. The molecule has 0 atom stereocenters. The summed E-state index contributed by atoms with van der Waals surface area (Å²) in [5.74, 6) is -1.14.